The van der Waals surface area contributed by atoms with Gasteiger partial charge in [0.1, 0.15) is 0 Å². The maximum absolute atomic E-state index is 12.2. The van der Waals surface area contributed by atoms with Crippen molar-refractivity contribution >= 4 is 11.6 Å². The molecule has 3 nitrogen and oxygen atoms in total. The number of rotatable bonds is 4. The summed E-state index contributed by atoms with van der Waals surface area (Å²) in [6, 6.07) is 6.37. The molecule has 0 spiro atoms. The Bertz CT molecular complexity index is 474. The first kappa shape index (κ1) is 15.0. The summed E-state index contributed by atoms with van der Waals surface area (Å²) in [6.45, 7) is 9.67. The number of anilines is 1. The summed E-state index contributed by atoms with van der Waals surface area (Å²) >= 11 is 0. The zero-order valence-electron chi connectivity index (χ0n) is 13.0. The molecule has 3 heteroatoms. The monoisotopic (exact) mass is 274 g/mol. The van der Waals surface area contributed by atoms with Crippen LogP contribution in [0.5, 0.6) is 0 Å². The topological polar surface area (TPSA) is 41.1 Å². The van der Waals surface area contributed by atoms with Gasteiger partial charge in [-0.15, -0.1) is 0 Å². The average Bonchev–Trinajstić information content (AvgIpc) is 2.92. The van der Waals surface area contributed by atoms with Gasteiger partial charge in [-0.1, -0.05) is 39.8 Å². The quantitative estimate of drug-likeness (QED) is 0.880. The summed E-state index contributed by atoms with van der Waals surface area (Å²) < 4.78 is 0. The van der Waals surface area contributed by atoms with Gasteiger partial charge in [0.2, 0.25) is 5.91 Å². The van der Waals surface area contributed by atoms with Crippen LogP contribution in [0.4, 0.5) is 5.69 Å². The fraction of sp³-hybridized carbons (Fsp3) is 0.588. The molecule has 1 aromatic rings. The molecule has 1 amide bonds. The van der Waals surface area contributed by atoms with Crippen molar-refractivity contribution in [3.8, 4) is 0 Å². The van der Waals surface area contributed by atoms with Crippen LogP contribution < -0.4 is 10.6 Å². The molecular formula is C17H26N2O. The number of amides is 1. The van der Waals surface area contributed by atoms with E-state index in [1.165, 1.54) is 11.1 Å². The van der Waals surface area contributed by atoms with Gasteiger partial charge in [0.15, 0.2) is 0 Å². The molecule has 1 saturated heterocycles. The predicted octanol–water partition coefficient (Wildman–Crippen LogP) is 3.62. The second kappa shape index (κ2) is 6.40. The molecule has 0 aliphatic carbocycles. The molecule has 0 aromatic heterocycles. The van der Waals surface area contributed by atoms with Crippen molar-refractivity contribution in [3.63, 3.8) is 0 Å². The smallest absolute Gasteiger partial charge is 0.241 e. The highest BCUT2D eigenvalue weighted by atomic mass is 16.2. The molecule has 1 aliphatic heterocycles. The van der Waals surface area contributed by atoms with Crippen molar-refractivity contribution in [1.82, 2.24) is 5.32 Å². The first-order valence-electron chi connectivity index (χ1n) is 7.67. The number of benzene rings is 1. The van der Waals surface area contributed by atoms with E-state index in [4.69, 9.17) is 0 Å². The van der Waals surface area contributed by atoms with Crippen molar-refractivity contribution in [2.45, 2.75) is 58.4 Å². The summed E-state index contributed by atoms with van der Waals surface area (Å²) in [4.78, 5) is 12.2. The van der Waals surface area contributed by atoms with E-state index < -0.39 is 0 Å². The number of hydrogen-bond donors (Lipinski definition) is 2. The van der Waals surface area contributed by atoms with Crippen LogP contribution >= 0.6 is 0 Å². The summed E-state index contributed by atoms with van der Waals surface area (Å²) in [5.41, 5.74) is 3.51. The highest BCUT2D eigenvalue weighted by Crippen LogP contribution is 2.28. The van der Waals surface area contributed by atoms with Gasteiger partial charge in [0, 0.05) is 5.69 Å². The molecule has 1 atom stereocenters. The van der Waals surface area contributed by atoms with Crippen LogP contribution in [0.1, 0.15) is 63.5 Å². The zero-order valence-corrected chi connectivity index (χ0v) is 13.0. The lowest BCUT2D eigenvalue weighted by atomic mass is 9.94. The number of nitrogens with one attached hydrogen (secondary N) is 2. The van der Waals surface area contributed by atoms with E-state index in [9.17, 15) is 4.79 Å². The summed E-state index contributed by atoms with van der Waals surface area (Å²) in [5.74, 6) is 1.01. The third-order valence-corrected chi connectivity index (χ3v) is 4.00. The van der Waals surface area contributed by atoms with Gasteiger partial charge in [0.05, 0.1) is 6.04 Å². The minimum Gasteiger partial charge on any atom is -0.324 e. The highest BCUT2D eigenvalue weighted by molar-refractivity contribution is 5.95. The molecule has 0 bridgehead atoms. The Hall–Kier alpha value is -1.35. The Kier molecular flexibility index (Phi) is 4.81. The van der Waals surface area contributed by atoms with Crippen LogP contribution in [0.15, 0.2) is 18.2 Å². The Morgan fingerprint density at radius 3 is 2.55 bits per heavy atom. The third-order valence-electron chi connectivity index (χ3n) is 4.00. The molecule has 1 aliphatic rings. The lowest BCUT2D eigenvalue weighted by Crippen LogP contribution is -2.35. The van der Waals surface area contributed by atoms with Crippen LogP contribution in [0.2, 0.25) is 0 Å². The molecule has 0 radical (unpaired) electrons. The maximum atomic E-state index is 12.2. The molecule has 20 heavy (non-hydrogen) atoms. The number of carbonyl (C=O) groups excluding carboxylic acids is 1. The van der Waals surface area contributed by atoms with Crippen LogP contribution in [-0.2, 0) is 4.79 Å². The fourth-order valence-electron chi connectivity index (χ4n) is 2.66. The minimum atomic E-state index is -0.0280. The first-order chi connectivity index (χ1) is 9.49. The van der Waals surface area contributed by atoms with Gasteiger partial charge in [-0.05, 0) is 48.4 Å². The molecule has 0 unspecified atom stereocenters. The Morgan fingerprint density at radius 2 is 2.00 bits per heavy atom. The maximum Gasteiger partial charge on any atom is 0.241 e. The van der Waals surface area contributed by atoms with Crippen LogP contribution in [0.3, 0.4) is 0 Å². The van der Waals surface area contributed by atoms with Gasteiger partial charge in [-0.25, -0.2) is 0 Å². The molecule has 1 aromatic carbocycles. The van der Waals surface area contributed by atoms with Crippen molar-refractivity contribution in [1.29, 1.82) is 0 Å². The van der Waals surface area contributed by atoms with Crippen LogP contribution in [0, 0.1) is 0 Å². The van der Waals surface area contributed by atoms with Crippen molar-refractivity contribution in [2.75, 3.05) is 11.9 Å². The third kappa shape index (κ3) is 3.40. The standard InChI is InChI=1S/C17H26N2O/c1-11(2)13-7-8-15(14(10-13)12(3)4)19-17(20)16-6-5-9-18-16/h7-8,10-12,16,18H,5-6,9H2,1-4H3,(H,19,20)/t16-/m0/s1. The summed E-state index contributed by atoms with van der Waals surface area (Å²) in [7, 11) is 0. The number of hydrogen-bond acceptors (Lipinski definition) is 2. The van der Waals surface area contributed by atoms with Crippen molar-refractivity contribution in [2.24, 2.45) is 0 Å². The van der Waals surface area contributed by atoms with Gasteiger partial charge < -0.3 is 10.6 Å². The Morgan fingerprint density at radius 1 is 1.25 bits per heavy atom. The lowest BCUT2D eigenvalue weighted by Gasteiger charge is -2.18. The fourth-order valence-corrected chi connectivity index (χ4v) is 2.66. The van der Waals surface area contributed by atoms with Crippen molar-refractivity contribution < 1.29 is 4.79 Å². The van der Waals surface area contributed by atoms with E-state index in [1.54, 1.807) is 0 Å². The SMILES string of the molecule is CC(C)c1ccc(NC(=O)[C@@H]2CCCN2)c(C(C)C)c1. The van der Waals surface area contributed by atoms with E-state index in [0.717, 1.165) is 25.1 Å². The van der Waals surface area contributed by atoms with Gasteiger partial charge in [0.25, 0.3) is 0 Å². The van der Waals surface area contributed by atoms with Gasteiger partial charge >= 0.3 is 0 Å². The Balaban J connectivity index is 2.19. The molecule has 2 N–H and O–H groups in total. The van der Waals surface area contributed by atoms with E-state index in [0.29, 0.717) is 11.8 Å². The largest absolute Gasteiger partial charge is 0.324 e. The second-order valence-electron chi connectivity index (χ2n) is 6.29. The van der Waals surface area contributed by atoms with E-state index in [2.05, 4.69) is 56.5 Å². The molecule has 0 saturated carbocycles. The van der Waals surface area contributed by atoms with Crippen molar-refractivity contribution in [3.05, 3.63) is 29.3 Å². The van der Waals surface area contributed by atoms with Gasteiger partial charge in [-0.2, -0.15) is 0 Å². The number of carbonyl (C=O) groups is 1. The molecule has 1 heterocycles. The highest BCUT2D eigenvalue weighted by Gasteiger charge is 2.23. The first-order valence-corrected chi connectivity index (χ1v) is 7.67. The summed E-state index contributed by atoms with van der Waals surface area (Å²) in [6.07, 6.45) is 2.02. The minimum absolute atomic E-state index is 0.0280. The second-order valence-corrected chi connectivity index (χ2v) is 6.29. The van der Waals surface area contributed by atoms with E-state index in [-0.39, 0.29) is 11.9 Å². The van der Waals surface area contributed by atoms with E-state index >= 15 is 0 Å². The van der Waals surface area contributed by atoms with Crippen LogP contribution in [-0.4, -0.2) is 18.5 Å². The zero-order chi connectivity index (χ0) is 14.7. The summed E-state index contributed by atoms with van der Waals surface area (Å²) in [5, 5.41) is 6.34. The van der Waals surface area contributed by atoms with Gasteiger partial charge in [-0.3, -0.25) is 4.79 Å². The molecule has 2 rings (SSSR count). The normalized spacial score (nSPS) is 18.8. The van der Waals surface area contributed by atoms with Crippen LogP contribution in [0.25, 0.3) is 0 Å². The lowest BCUT2D eigenvalue weighted by molar-refractivity contribution is -0.117. The Labute approximate surface area is 122 Å². The molecular weight excluding hydrogens is 248 g/mol. The van der Waals surface area contributed by atoms with E-state index in [1.807, 2.05) is 0 Å². The molecule has 1 fully saturated rings. The average molecular weight is 274 g/mol. The predicted molar refractivity (Wildman–Crippen MR) is 84.3 cm³/mol. The molecule has 110 valence electrons.